The van der Waals surface area contributed by atoms with E-state index in [2.05, 4.69) is 15.3 Å². The molecule has 1 saturated heterocycles. The van der Waals surface area contributed by atoms with E-state index >= 15 is 0 Å². The van der Waals surface area contributed by atoms with Gasteiger partial charge in [0.05, 0.1) is 15.8 Å². The van der Waals surface area contributed by atoms with Gasteiger partial charge in [0, 0.05) is 19.1 Å². The Balaban J connectivity index is 1.47. The van der Waals surface area contributed by atoms with Crippen LogP contribution in [0.2, 0.25) is 0 Å². The smallest absolute Gasteiger partial charge is 0.243 e. The molecule has 28 heavy (non-hydrogen) atoms. The maximum atomic E-state index is 14.2. The molecule has 0 amide bonds. The van der Waals surface area contributed by atoms with Gasteiger partial charge >= 0.3 is 0 Å². The molecular weight excluding hydrogens is 379 g/mol. The summed E-state index contributed by atoms with van der Waals surface area (Å²) in [6.07, 6.45) is 2.64. The van der Waals surface area contributed by atoms with E-state index in [4.69, 9.17) is 0 Å². The number of halogens is 1. The first-order chi connectivity index (χ1) is 13.4. The molecule has 4 rings (SSSR count). The Labute approximate surface area is 163 Å². The Kier molecular flexibility index (Phi) is 4.99. The first kappa shape index (κ1) is 18.8. The molecule has 2 aromatic carbocycles. The van der Waals surface area contributed by atoms with Gasteiger partial charge in [-0.05, 0) is 44.0 Å². The van der Waals surface area contributed by atoms with Gasteiger partial charge < -0.3 is 5.32 Å². The summed E-state index contributed by atoms with van der Waals surface area (Å²) < 4.78 is 41.4. The van der Waals surface area contributed by atoms with Crippen molar-refractivity contribution in [3.05, 3.63) is 60.2 Å². The van der Waals surface area contributed by atoms with Crippen LogP contribution in [0.3, 0.4) is 0 Å². The van der Waals surface area contributed by atoms with Crippen molar-refractivity contribution >= 4 is 26.7 Å². The fourth-order valence-electron chi connectivity index (χ4n) is 3.47. The summed E-state index contributed by atoms with van der Waals surface area (Å²) >= 11 is 0. The van der Waals surface area contributed by atoms with Crippen LogP contribution in [0, 0.1) is 12.7 Å². The zero-order valence-corrected chi connectivity index (χ0v) is 16.3. The van der Waals surface area contributed by atoms with Gasteiger partial charge in [0.1, 0.15) is 18.0 Å². The average Bonchev–Trinajstić information content (AvgIpc) is 2.69. The third kappa shape index (κ3) is 3.57. The molecule has 0 radical (unpaired) electrons. The van der Waals surface area contributed by atoms with Crippen LogP contribution in [0.4, 0.5) is 10.2 Å². The van der Waals surface area contributed by atoms with Crippen LogP contribution in [0.15, 0.2) is 53.7 Å². The minimum Gasteiger partial charge on any atom is -0.367 e. The molecule has 1 aromatic heterocycles. The van der Waals surface area contributed by atoms with Crippen LogP contribution < -0.4 is 5.32 Å². The maximum absolute atomic E-state index is 14.2. The third-order valence-electron chi connectivity index (χ3n) is 5.07. The molecule has 0 unspecified atom stereocenters. The van der Waals surface area contributed by atoms with E-state index in [0.29, 0.717) is 47.5 Å². The van der Waals surface area contributed by atoms with Crippen molar-refractivity contribution in [1.82, 2.24) is 14.3 Å². The van der Waals surface area contributed by atoms with Crippen LogP contribution in [0.25, 0.3) is 10.9 Å². The number of nitrogens with one attached hydrogen (secondary N) is 1. The highest BCUT2D eigenvalue weighted by Crippen LogP contribution is 2.26. The van der Waals surface area contributed by atoms with E-state index in [1.165, 1.54) is 16.7 Å². The summed E-state index contributed by atoms with van der Waals surface area (Å²) in [7, 11) is -3.50. The molecule has 0 saturated carbocycles. The normalized spacial score (nSPS) is 16.4. The van der Waals surface area contributed by atoms with Crippen LogP contribution in [0.5, 0.6) is 0 Å². The van der Waals surface area contributed by atoms with Crippen molar-refractivity contribution in [1.29, 1.82) is 0 Å². The number of hydrogen-bond acceptors (Lipinski definition) is 5. The Morgan fingerprint density at radius 3 is 2.50 bits per heavy atom. The molecule has 1 N–H and O–H groups in total. The molecule has 1 fully saturated rings. The highest BCUT2D eigenvalue weighted by molar-refractivity contribution is 7.89. The van der Waals surface area contributed by atoms with Crippen molar-refractivity contribution in [2.45, 2.75) is 30.7 Å². The number of nitrogens with zero attached hydrogens (tertiary/aromatic N) is 3. The predicted molar refractivity (Wildman–Crippen MR) is 106 cm³/mol. The lowest BCUT2D eigenvalue weighted by Gasteiger charge is -2.32. The molecule has 6 nitrogen and oxygen atoms in total. The number of sulfonamides is 1. The molecule has 3 aromatic rings. The molecular formula is C20H21FN4O2S. The zero-order chi connectivity index (χ0) is 19.7. The lowest BCUT2D eigenvalue weighted by Crippen LogP contribution is -2.42. The van der Waals surface area contributed by atoms with Crippen molar-refractivity contribution in [2.75, 3.05) is 18.4 Å². The zero-order valence-electron chi connectivity index (χ0n) is 15.5. The summed E-state index contributed by atoms with van der Waals surface area (Å²) in [5, 5.41) is 3.63. The third-order valence-corrected chi connectivity index (χ3v) is 6.98. The van der Waals surface area contributed by atoms with Gasteiger partial charge in [-0.2, -0.15) is 4.31 Å². The Hall–Kier alpha value is -2.58. The van der Waals surface area contributed by atoms with Gasteiger partial charge in [-0.15, -0.1) is 0 Å². The second-order valence-electron chi connectivity index (χ2n) is 6.99. The lowest BCUT2D eigenvalue weighted by molar-refractivity contribution is 0.329. The van der Waals surface area contributed by atoms with E-state index in [1.807, 2.05) is 6.92 Å². The molecule has 0 spiro atoms. The summed E-state index contributed by atoms with van der Waals surface area (Å²) in [6, 6.07) is 11.6. The fourth-order valence-corrected chi connectivity index (χ4v) is 4.94. The van der Waals surface area contributed by atoms with E-state index in [-0.39, 0.29) is 11.9 Å². The highest BCUT2D eigenvalue weighted by Gasteiger charge is 2.29. The highest BCUT2D eigenvalue weighted by atomic mass is 32.2. The van der Waals surface area contributed by atoms with Crippen molar-refractivity contribution in [2.24, 2.45) is 0 Å². The lowest BCUT2D eigenvalue weighted by atomic mass is 10.1. The number of hydrogen-bond donors (Lipinski definition) is 1. The molecule has 1 aliphatic heterocycles. The fraction of sp³-hybridized carbons (Fsp3) is 0.300. The molecule has 0 bridgehead atoms. The van der Waals surface area contributed by atoms with E-state index < -0.39 is 10.0 Å². The van der Waals surface area contributed by atoms with Gasteiger partial charge in [-0.25, -0.2) is 22.8 Å². The summed E-state index contributed by atoms with van der Waals surface area (Å²) in [5.41, 5.74) is 1.56. The van der Waals surface area contributed by atoms with E-state index in [1.54, 1.807) is 36.4 Å². The van der Waals surface area contributed by atoms with Gasteiger partial charge in [0.25, 0.3) is 0 Å². The van der Waals surface area contributed by atoms with Crippen molar-refractivity contribution in [3.63, 3.8) is 0 Å². The van der Waals surface area contributed by atoms with Crippen LogP contribution in [0.1, 0.15) is 18.4 Å². The van der Waals surface area contributed by atoms with Gasteiger partial charge in [-0.3, -0.25) is 0 Å². The summed E-state index contributed by atoms with van der Waals surface area (Å²) in [6.45, 7) is 2.73. The van der Waals surface area contributed by atoms with Crippen LogP contribution >= 0.6 is 0 Å². The van der Waals surface area contributed by atoms with E-state index in [0.717, 1.165) is 5.56 Å². The van der Waals surface area contributed by atoms with E-state index in [9.17, 15) is 12.8 Å². The second-order valence-corrected chi connectivity index (χ2v) is 8.93. The van der Waals surface area contributed by atoms with Crippen molar-refractivity contribution in [3.8, 4) is 0 Å². The Bertz CT molecular complexity index is 1090. The number of aromatic nitrogens is 2. The summed E-state index contributed by atoms with van der Waals surface area (Å²) in [4.78, 5) is 8.61. The largest absolute Gasteiger partial charge is 0.367 e. The van der Waals surface area contributed by atoms with Gasteiger partial charge in [0.15, 0.2) is 0 Å². The Morgan fingerprint density at radius 1 is 1.07 bits per heavy atom. The number of fused-ring (bicyclic) bond motifs is 1. The first-order valence-corrected chi connectivity index (χ1v) is 10.6. The molecule has 8 heteroatoms. The molecule has 0 aliphatic carbocycles. The molecule has 146 valence electrons. The first-order valence-electron chi connectivity index (χ1n) is 9.18. The predicted octanol–water partition coefficient (Wildman–Crippen LogP) is 3.34. The minimum absolute atomic E-state index is 0.0159. The molecule has 2 heterocycles. The topological polar surface area (TPSA) is 75.2 Å². The number of rotatable bonds is 4. The standard InChI is InChI=1S/C20H21FN4O2S/c1-14-5-7-16(8-6-14)28(26,27)25-11-9-15(10-12-25)24-20-19-17(21)3-2-4-18(19)22-13-23-20/h2-8,13,15H,9-12H2,1H3,(H,22,23,24). The summed E-state index contributed by atoms with van der Waals surface area (Å²) in [5.74, 6) is 0.0722. The maximum Gasteiger partial charge on any atom is 0.243 e. The van der Waals surface area contributed by atoms with Crippen LogP contribution in [-0.2, 0) is 10.0 Å². The number of piperidine rings is 1. The van der Waals surface area contributed by atoms with Gasteiger partial charge in [-0.1, -0.05) is 23.8 Å². The number of aryl methyl sites for hydroxylation is 1. The van der Waals surface area contributed by atoms with Crippen molar-refractivity contribution < 1.29 is 12.8 Å². The average molecular weight is 400 g/mol. The minimum atomic E-state index is -3.50. The quantitative estimate of drug-likeness (QED) is 0.727. The second kappa shape index (κ2) is 7.44. The molecule has 1 aliphatic rings. The number of anilines is 1. The SMILES string of the molecule is Cc1ccc(S(=O)(=O)N2CCC(Nc3ncnc4cccc(F)c34)CC2)cc1. The van der Waals surface area contributed by atoms with Crippen LogP contribution in [-0.4, -0.2) is 41.8 Å². The van der Waals surface area contributed by atoms with Gasteiger partial charge in [0.2, 0.25) is 10.0 Å². The number of benzene rings is 2. The Morgan fingerprint density at radius 2 is 1.79 bits per heavy atom. The molecule has 0 atom stereocenters. The monoisotopic (exact) mass is 400 g/mol.